The van der Waals surface area contributed by atoms with Gasteiger partial charge in [-0.2, -0.15) is 0 Å². The summed E-state index contributed by atoms with van der Waals surface area (Å²) in [4.78, 5) is 14.0. The summed E-state index contributed by atoms with van der Waals surface area (Å²) in [6.07, 6.45) is 7.74. The third-order valence-corrected chi connectivity index (χ3v) is 5.83. The Morgan fingerprint density at radius 2 is 1.68 bits per heavy atom. The van der Waals surface area contributed by atoms with Gasteiger partial charge in [0.15, 0.2) is 0 Å². The van der Waals surface area contributed by atoms with Crippen molar-refractivity contribution in [3.05, 3.63) is 0 Å². The molecule has 3 nitrogen and oxygen atoms in total. The van der Waals surface area contributed by atoms with Crippen molar-refractivity contribution in [3.63, 3.8) is 0 Å². The first-order valence-electron chi connectivity index (χ1n) is 8.02. The fraction of sp³-hybridized carbons (Fsp3) is 0.938. The van der Waals surface area contributed by atoms with E-state index < -0.39 is 0 Å². The minimum atomic E-state index is -0.0200. The molecule has 0 heterocycles. The number of amides is 1. The first-order valence-corrected chi connectivity index (χ1v) is 8.02. The summed E-state index contributed by atoms with van der Waals surface area (Å²) < 4.78 is 0. The Morgan fingerprint density at radius 3 is 2.16 bits per heavy atom. The predicted octanol–water partition coefficient (Wildman–Crippen LogP) is 2.25. The minimum absolute atomic E-state index is 0.0200. The van der Waals surface area contributed by atoms with E-state index in [0.717, 1.165) is 36.1 Å². The Morgan fingerprint density at radius 1 is 1.16 bits per heavy atom. The van der Waals surface area contributed by atoms with Gasteiger partial charge in [0.1, 0.15) is 0 Å². The Hall–Kier alpha value is -0.570. The zero-order chi connectivity index (χ0) is 13.6. The zero-order valence-electron chi connectivity index (χ0n) is 12.3. The fourth-order valence-corrected chi connectivity index (χ4v) is 5.19. The van der Waals surface area contributed by atoms with Crippen LogP contribution in [-0.4, -0.2) is 30.4 Å². The quantitative estimate of drug-likeness (QED) is 0.846. The van der Waals surface area contributed by atoms with Gasteiger partial charge in [0, 0.05) is 26.1 Å². The molecule has 0 spiro atoms. The molecule has 0 aliphatic heterocycles. The summed E-state index contributed by atoms with van der Waals surface area (Å²) in [5.41, 5.74) is 5.73. The Labute approximate surface area is 116 Å². The highest BCUT2D eigenvalue weighted by Crippen LogP contribution is 2.56. The van der Waals surface area contributed by atoms with Crippen molar-refractivity contribution in [1.82, 2.24) is 4.90 Å². The average Bonchev–Trinajstić information content (AvgIpc) is 2.31. The number of carbonyl (C=O) groups excluding carboxylic acids is 1. The molecule has 4 rings (SSSR count). The number of hydrogen-bond acceptors (Lipinski definition) is 2. The molecule has 0 radical (unpaired) electrons. The van der Waals surface area contributed by atoms with Gasteiger partial charge < -0.3 is 10.6 Å². The number of hydrogen-bond donors (Lipinski definition) is 1. The standard InChI is InChI=1S/C16H28N2O/c1-10(17)3-16(19)18(2)9-15-13-5-11-4-12(7-13)8-14(15)6-11/h10-15H,3-9,17H2,1-2H3. The van der Waals surface area contributed by atoms with E-state index in [2.05, 4.69) is 0 Å². The van der Waals surface area contributed by atoms with E-state index >= 15 is 0 Å². The maximum Gasteiger partial charge on any atom is 0.223 e. The van der Waals surface area contributed by atoms with Gasteiger partial charge in [-0.05, 0) is 68.6 Å². The second-order valence-corrected chi connectivity index (χ2v) is 7.55. The van der Waals surface area contributed by atoms with E-state index in [1.54, 1.807) is 0 Å². The van der Waals surface area contributed by atoms with Gasteiger partial charge in [0.2, 0.25) is 5.91 Å². The van der Waals surface area contributed by atoms with Gasteiger partial charge in [-0.1, -0.05) is 0 Å². The molecule has 108 valence electrons. The molecule has 0 aromatic heterocycles. The number of rotatable bonds is 4. The van der Waals surface area contributed by atoms with Crippen molar-refractivity contribution in [2.75, 3.05) is 13.6 Å². The van der Waals surface area contributed by atoms with E-state index in [4.69, 9.17) is 5.73 Å². The van der Waals surface area contributed by atoms with E-state index in [0.29, 0.717) is 6.42 Å². The van der Waals surface area contributed by atoms with E-state index in [1.807, 2.05) is 18.9 Å². The van der Waals surface area contributed by atoms with Gasteiger partial charge in [-0.25, -0.2) is 0 Å². The number of nitrogens with two attached hydrogens (primary N) is 1. The SMILES string of the molecule is CC(N)CC(=O)N(C)CC1C2CC3CC(C2)CC1C3. The Kier molecular flexibility index (Phi) is 3.59. The lowest BCUT2D eigenvalue weighted by Crippen LogP contribution is -2.49. The number of carbonyl (C=O) groups is 1. The van der Waals surface area contributed by atoms with Crippen molar-refractivity contribution in [1.29, 1.82) is 0 Å². The molecular formula is C16H28N2O. The molecule has 3 heteroatoms. The maximum atomic E-state index is 12.1. The molecule has 4 aliphatic carbocycles. The average molecular weight is 264 g/mol. The van der Waals surface area contributed by atoms with Crippen LogP contribution in [0, 0.1) is 29.6 Å². The van der Waals surface area contributed by atoms with Crippen molar-refractivity contribution < 1.29 is 4.79 Å². The third kappa shape index (κ3) is 2.67. The second-order valence-electron chi connectivity index (χ2n) is 7.55. The smallest absolute Gasteiger partial charge is 0.223 e. The van der Waals surface area contributed by atoms with Crippen molar-refractivity contribution >= 4 is 5.91 Å². The van der Waals surface area contributed by atoms with Gasteiger partial charge in [-0.3, -0.25) is 4.79 Å². The molecule has 4 saturated carbocycles. The molecule has 4 fully saturated rings. The summed E-state index contributed by atoms with van der Waals surface area (Å²) in [6.45, 7) is 2.88. The van der Waals surface area contributed by atoms with Crippen LogP contribution in [0.1, 0.15) is 45.4 Å². The summed E-state index contributed by atoms with van der Waals surface area (Å²) in [5, 5.41) is 0. The Balaban J connectivity index is 1.59. The first kappa shape index (κ1) is 13.4. The van der Waals surface area contributed by atoms with Crippen LogP contribution >= 0.6 is 0 Å². The minimum Gasteiger partial charge on any atom is -0.345 e. The van der Waals surface area contributed by atoms with Crippen LogP contribution in [-0.2, 0) is 4.79 Å². The van der Waals surface area contributed by atoms with Gasteiger partial charge in [0.25, 0.3) is 0 Å². The van der Waals surface area contributed by atoms with E-state index in [9.17, 15) is 4.79 Å². The first-order chi connectivity index (χ1) is 9.02. The van der Waals surface area contributed by atoms with Crippen LogP contribution in [0.5, 0.6) is 0 Å². The molecule has 0 saturated heterocycles. The lowest BCUT2D eigenvalue weighted by Gasteiger charge is -2.55. The normalized spacial score (nSPS) is 41.3. The molecule has 1 unspecified atom stereocenters. The van der Waals surface area contributed by atoms with Crippen LogP contribution in [0.2, 0.25) is 0 Å². The zero-order valence-corrected chi connectivity index (χ0v) is 12.3. The molecule has 4 bridgehead atoms. The van der Waals surface area contributed by atoms with Crippen LogP contribution in [0.3, 0.4) is 0 Å². The second kappa shape index (κ2) is 5.08. The van der Waals surface area contributed by atoms with Crippen LogP contribution in [0.15, 0.2) is 0 Å². The van der Waals surface area contributed by atoms with Gasteiger partial charge >= 0.3 is 0 Å². The Bertz CT molecular complexity index is 325. The lowest BCUT2D eigenvalue weighted by atomic mass is 9.52. The number of nitrogens with zero attached hydrogens (tertiary/aromatic N) is 1. The molecular weight excluding hydrogens is 236 g/mol. The van der Waals surface area contributed by atoms with Crippen molar-refractivity contribution in [2.45, 2.75) is 51.5 Å². The highest BCUT2D eigenvalue weighted by molar-refractivity contribution is 5.76. The lowest BCUT2D eigenvalue weighted by molar-refractivity contribution is -0.133. The molecule has 1 atom stereocenters. The predicted molar refractivity (Wildman–Crippen MR) is 76.4 cm³/mol. The molecule has 19 heavy (non-hydrogen) atoms. The molecule has 2 N–H and O–H groups in total. The monoisotopic (exact) mass is 264 g/mol. The van der Waals surface area contributed by atoms with Crippen molar-refractivity contribution in [3.8, 4) is 0 Å². The molecule has 0 aromatic rings. The maximum absolute atomic E-state index is 12.1. The van der Waals surface area contributed by atoms with Gasteiger partial charge in [-0.15, -0.1) is 0 Å². The fourth-order valence-electron chi connectivity index (χ4n) is 5.19. The van der Waals surface area contributed by atoms with Crippen LogP contribution < -0.4 is 5.73 Å². The van der Waals surface area contributed by atoms with E-state index in [1.165, 1.54) is 32.1 Å². The van der Waals surface area contributed by atoms with E-state index in [-0.39, 0.29) is 11.9 Å². The highest BCUT2D eigenvalue weighted by Gasteiger charge is 2.48. The van der Waals surface area contributed by atoms with Crippen molar-refractivity contribution in [2.24, 2.45) is 35.3 Å². The van der Waals surface area contributed by atoms with Crippen LogP contribution in [0.25, 0.3) is 0 Å². The topological polar surface area (TPSA) is 46.3 Å². The largest absolute Gasteiger partial charge is 0.345 e. The third-order valence-electron chi connectivity index (χ3n) is 5.83. The van der Waals surface area contributed by atoms with Gasteiger partial charge in [0.05, 0.1) is 0 Å². The molecule has 4 aliphatic rings. The summed E-state index contributed by atoms with van der Waals surface area (Å²) in [6, 6.07) is -0.0200. The summed E-state index contributed by atoms with van der Waals surface area (Å²) in [5.74, 6) is 4.84. The highest BCUT2D eigenvalue weighted by atomic mass is 16.2. The molecule has 1 amide bonds. The summed E-state index contributed by atoms with van der Waals surface area (Å²) in [7, 11) is 1.97. The molecule has 0 aromatic carbocycles. The van der Waals surface area contributed by atoms with Crippen LogP contribution in [0.4, 0.5) is 0 Å². The summed E-state index contributed by atoms with van der Waals surface area (Å²) >= 11 is 0.